The Morgan fingerprint density at radius 2 is 2.04 bits per heavy atom. The lowest BCUT2D eigenvalue weighted by Gasteiger charge is -2.13. The number of rotatable bonds is 8. The highest BCUT2D eigenvalue weighted by Crippen LogP contribution is 2.29. The van der Waals surface area contributed by atoms with Crippen LogP contribution in [0.4, 0.5) is 5.82 Å². The molecule has 0 bridgehead atoms. The van der Waals surface area contributed by atoms with Crippen molar-refractivity contribution in [3.63, 3.8) is 0 Å². The first-order valence-corrected chi connectivity index (χ1v) is 10.2. The van der Waals surface area contributed by atoms with Gasteiger partial charge in [-0.25, -0.2) is 9.97 Å². The standard InChI is InChI=1S/C21H23N3O2S/c1-14-5-4-6-17(11-14)26-12-16(25)13-27-21-23-19-8-3-2-7-18(19)20(24-21)22-15-9-10-15/h2-8,11,15-16,25H,9-10,12-13H2,1H3,(H,22,23,24)/t16-/m1/s1. The molecule has 1 atom stereocenters. The van der Waals surface area contributed by atoms with E-state index in [2.05, 4.69) is 15.3 Å². The molecule has 0 saturated heterocycles. The van der Waals surface area contributed by atoms with Crippen LogP contribution in [0.3, 0.4) is 0 Å². The number of benzene rings is 2. The molecule has 0 spiro atoms. The van der Waals surface area contributed by atoms with E-state index in [0.717, 1.165) is 28.0 Å². The summed E-state index contributed by atoms with van der Waals surface area (Å²) in [4.78, 5) is 9.30. The number of hydrogen-bond donors (Lipinski definition) is 2. The molecule has 1 aromatic heterocycles. The van der Waals surface area contributed by atoms with Crippen molar-refractivity contribution < 1.29 is 9.84 Å². The Bertz CT molecular complexity index is 930. The molecule has 1 aliphatic rings. The van der Waals surface area contributed by atoms with Gasteiger partial charge in [0, 0.05) is 17.2 Å². The van der Waals surface area contributed by atoms with Crippen LogP contribution in [0.1, 0.15) is 18.4 Å². The predicted molar refractivity (Wildman–Crippen MR) is 110 cm³/mol. The average Bonchev–Trinajstić information content (AvgIpc) is 3.49. The summed E-state index contributed by atoms with van der Waals surface area (Å²) in [7, 11) is 0. The SMILES string of the molecule is Cc1cccc(OC[C@@H](O)CSc2nc(NC3CC3)c3ccccc3n2)c1. The van der Waals surface area contributed by atoms with Gasteiger partial charge in [0.2, 0.25) is 0 Å². The zero-order valence-corrected chi connectivity index (χ0v) is 16.1. The van der Waals surface area contributed by atoms with Crippen LogP contribution in [0.25, 0.3) is 10.9 Å². The highest BCUT2D eigenvalue weighted by atomic mass is 32.2. The molecule has 140 valence electrons. The van der Waals surface area contributed by atoms with Gasteiger partial charge in [0.15, 0.2) is 5.16 Å². The number of thioether (sulfide) groups is 1. The molecule has 1 heterocycles. The number of ether oxygens (including phenoxy) is 1. The van der Waals surface area contributed by atoms with Gasteiger partial charge in [-0.2, -0.15) is 0 Å². The number of nitrogens with one attached hydrogen (secondary N) is 1. The molecule has 1 saturated carbocycles. The number of nitrogens with zero attached hydrogens (tertiary/aromatic N) is 2. The molecule has 6 heteroatoms. The van der Waals surface area contributed by atoms with Gasteiger partial charge in [-0.15, -0.1) is 0 Å². The minimum Gasteiger partial charge on any atom is -0.491 e. The Kier molecular flexibility index (Phi) is 5.45. The van der Waals surface area contributed by atoms with E-state index in [1.807, 2.05) is 55.5 Å². The Morgan fingerprint density at radius 1 is 1.19 bits per heavy atom. The number of hydrogen-bond acceptors (Lipinski definition) is 6. The van der Waals surface area contributed by atoms with Crippen molar-refractivity contribution >= 4 is 28.5 Å². The molecule has 3 aromatic rings. The summed E-state index contributed by atoms with van der Waals surface area (Å²) >= 11 is 1.45. The van der Waals surface area contributed by atoms with Crippen LogP contribution in [0.15, 0.2) is 53.7 Å². The summed E-state index contributed by atoms with van der Waals surface area (Å²) in [6, 6.07) is 16.4. The number of aromatic nitrogens is 2. The molecule has 2 N–H and O–H groups in total. The first kappa shape index (κ1) is 18.1. The third-order valence-corrected chi connectivity index (χ3v) is 5.33. The van der Waals surface area contributed by atoms with E-state index in [-0.39, 0.29) is 6.61 Å². The smallest absolute Gasteiger partial charge is 0.190 e. The Labute approximate surface area is 163 Å². The number of anilines is 1. The maximum Gasteiger partial charge on any atom is 0.190 e. The molecule has 1 fully saturated rings. The fourth-order valence-corrected chi connectivity index (χ4v) is 3.52. The molecular weight excluding hydrogens is 358 g/mol. The van der Waals surface area contributed by atoms with Crippen molar-refractivity contribution in [3.8, 4) is 5.75 Å². The lowest BCUT2D eigenvalue weighted by Crippen LogP contribution is -2.20. The van der Waals surface area contributed by atoms with Gasteiger partial charge >= 0.3 is 0 Å². The number of fused-ring (bicyclic) bond motifs is 1. The molecule has 5 nitrogen and oxygen atoms in total. The molecule has 1 aliphatic carbocycles. The van der Waals surface area contributed by atoms with E-state index in [1.165, 1.54) is 24.6 Å². The number of para-hydroxylation sites is 1. The lowest BCUT2D eigenvalue weighted by atomic mass is 10.2. The van der Waals surface area contributed by atoms with Crippen LogP contribution in [-0.4, -0.2) is 39.6 Å². The summed E-state index contributed by atoms with van der Waals surface area (Å²) in [5.41, 5.74) is 2.06. The summed E-state index contributed by atoms with van der Waals surface area (Å²) in [6.07, 6.45) is 1.79. The van der Waals surface area contributed by atoms with Crippen molar-refractivity contribution in [2.24, 2.45) is 0 Å². The van der Waals surface area contributed by atoms with Crippen LogP contribution >= 0.6 is 11.8 Å². The molecule has 27 heavy (non-hydrogen) atoms. The lowest BCUT2D eigenvalue weighted by molar-refractivity contribution is 0.126. The molecule has 0 aliphatic heterocycles. The summed E-state index contributed by atoms with van der Waals surface area (Å²) in [5, 5.41) is 15.5. The van der Waals surface area contributed by atoms with E-state index in [0.29, 0.717) is 17.0 Å². The number of aliphatic hydroxyl groups excluding tert-OH is 1. The van der Waals surface area contributed by atoms with Gasteiger partial charge in [-0.05, 0) is 49.6 Å². The van der Waals surface area contributed by atoms with Crippen molar-refractivity contribution in [1.82, 2.24) is 9.97 Å². The second-order valence-electron chi connectivity index (χ2n) is 6.88. The van der Waals surface area contributed by atoms with E-state index >= 15 is 0 Å². The van der Waals surface area contributed by atoms with E-state index in [9.17, 15) is 5.11 Å². The maximum atomic E-state index is 10.3. The first-order valence-electron chi connectivity index (χ1n) is 9.21. The summed E-state index contributed by atoms with van der Waals surface area (Å²) < 4.78 is 5.68. The zero-order chi connectivity index (χ0) is 18.6. The van der Waals surface area contributed by atoms with Gasteiger partial charge in [0.05, 0.1) is 11.6 Å². The summed E-state index contributed by atoms with van der Waals surface area (Å²) in [6.45, 7) is 2.26. The molecular formula is C21H23N3O2S. The maximum absolute atomic E-state index is 10.3. The zero-order valence-electron chi connectivity index (χ0n) is 15.3. The van der Waals surface area contributed by atoms with E-state index in [4.69, 9.17) is 4.74 Å². The predicted octanol–water partition coefficient (Wildman–Crippen LogP) is 4.04. The van der Waals surface area contributed by atoms with Crippen molar-refractivity contribution in [3.05, 3.63) is 54.1 Å². The third-order valence-electron chi connectivity index (χ3n) is 4.34. The second-order valence-corrected chi connectivity index (χ2v) is 7.87. The Hall–Kier alpha value is -2.31. The van der Waals surface area contributed by atoms with Crippen LogP contribution in [-0.2, 0) is 0 Å². The minimum absolute atomic E-state index is 0.247. The Balaban J connectivity index is 1.39. The average molecular weight is 382 g/mol. The molecule has 0 unspecified atom stereocenters. The van der Waals surface area contributed by atoms with Crippen molar-refractivity contribution in [2.45, 2.75) is 37.1 Å². The molecule has 4 rings (SSSR count). The van der Waals surface area contributed by atoms with Gasteiger partial charge in [0.1, 0.15) is 18.2 Å². The van der Waals surface area contributed by atoms with Crippen molar-refractivity contribution in [1.29, 1.82) is 0 Å². The first-order chi connectivity index (χ1) is 13.2. The molecule has 0 radical (unpaired) electrons. The largest absolute Gasteiger partial charge is 0.491 e. The quantitative estimate of drug-likeness (QED) is 0.453. The van der Waals surface area contributed by atoms with Crippen LogP contribution < -0.4 is 10.1 Å². The topological polar surface area (TPSA) is 67.3 Å². The van der Waals surface area contributed by atoms with E-state index in [1.54, 1.807) is 0 Å². The minimum atomic E-state index is -0.592. The highest BCUT2D eigenvalue weighted by molar-refractivity contribution is 7.99. The van der Waals surface area contributed by atoms with Gasteiger partial charge in [-0.1, -0.05) is 36.0 Å². The van der Waals surface area contributed by atoms with Gasteiger partial charge < -0.3 is 15.2 Å². The van der Waals surface area contributed by atoms with Crippen LogP contribution in [0.2, 0.25) is 0 Å². The van der Waals surface area contributed by atoms with Crippen LogP contribution in [0, 0.1) is 6.92 Å². The molecule has 0 amide bonds. The third kappa shape index (κ3) is 4.90. The Morgan fingerprint density at radius 3 is 2.85 bits per heavy atom. The number of aryl methyl sites for hydroxylation is 1. The monoisotopic (exact) mass is 381 g/mol. The van der Waals surface area contributed by atoms with Crippen molar-refractivity contribution in [2.75, 3.05) is 17.7 Å². The van der Waals surface area contributed by atoms with E-state index < -0.39 is 6.10 Å². The van der Waals surface area contributed by atoms with Gasteiger partial charge in [0.25, 0.3) is 0 Å². The highest BCUT2D eigenvalue weighted by Gasteiger charge is 2.23. The normalized spacial score (nSPS) is 14.9. The molecule has 2 aromatic carbocycles. The number of aliphatic hydroxyl groups is 1. The van der Waals surface area contributed by atoms with Gasteiger partial charge in [-0.3, -0.25) is 0 Å². The van der Waals surface area contributed by atoms with Crippen LogP contribution in [0.5, 0.6) is 5.75 Å². The second kappa shape index (κ2) is 8.15. The summed E-state index contributed by atoms with van der Waals surface area (Å²) in [5.74, 6) is 2.14. The fraction of sp³-hybridized carbons (Fsp3) is 0.333. The fourth-order valence-electron chi connectivity index (χ4n) is 2.77.